The molecule has 1 aromatic heterocycles. The first-order chi connectivity index (χ1) is 12.6. The highest BCUT2D eigenvalue weighted by Gasteiger charge is 2.24. The predicted octanol–water partition coefficient (Wildman–Crippen LogP) is 2.39. The van der Waals surface area contributed by atoms with Crippen LogP contribution in [0.1, 0.15) is 35.2 Å². The van der Waals surface area contributed by atoms with Crippen LogP contribution in [-0.2, 0) is 11.4 Å². The van der Waals surface area contributed by atoms with E-state index in [2.05, 4.69) is 4.98 Å². The number of carbonyl (C=O) groups excluding carboxylic acids is 2. The van der Waals surface area contributed by atoms with Crippen molar-refractivity contribution in [3.05, 3.63) is 59.8 Å². The standard InChI is InChI=1S/C20H23N3O3/c21-18(24)12-15-8-10-23(11-9-15)20(25)17-6-7-19(22-13-17)26-14-16-4-2-1-3-5-16/h1-7,13,15H,8-12,14H2,(H2,21,24). The van der Waals surface area contributed by atoms with Crippen LogP contribution in [0, 0.1) is 5.92 Å². The van der Waals surface area contributed by atoms with Gasteiger partial charge in [-0.15, -0.1) is 0 Å². The van der Waals surface area contributed by atoms with Gasteiger partial charge in [-0.2, -0.15) is 0 Å². The minimum atomic E-state index is -0.273. The molecule has 0 aliphatic carbocycles. The van der Waals surface area contributed by atoms with Crippen molar-refractivity contribution in [3.63, 3.8) is 0 Å². The third kappa shape index (κ3) is 4.81. The molecule has 0 radical (unpaired) electrons. The molecule has 2 aromatic rings. The number of pyridine rings is 1. The highest BCUT2D eigenvalue weighted by atomic mass is 16.5. The highest BCUT2D eigenvalue weighted by Crippen LogP contribution is 2.22. The fraction of sp³-hybridized carbons (Fsp3) is 0.350. The number of amides is 2. The number of ether oxygens (including phenoxy) is 1. The number of nitrogens with two attached hydrogens (primary N) is 1. The molecule has 2 amide bonds. The van der Waals surface area contributed by atoms with E-state index in [0.29, 0.717) is 37.6 Å². The number of nitrogens with zero attached hydrogens (tertiary/aromatic N) is 2. The fourth-order valence-corrected chi connectivity index (χ4v) is 3.13. The number of carbonyl (C=O) groups is 2. The Labute approximate surface area is 153 Å². The van der Waals surface area contributed by atoms with E-state index in [1.807, 2.05) is 30.3 Å². The lowest BCUT2D eigenvalue weighted by molar-refractivity contribution is -0.119. The Morgan fingerprint density at radius 3 is 2.46 bits per heavy atom. The van der Waals surface area contributed by atoms with Crippen LogP contribution in [0.15, 0.2) is 48.7 Å². The lowest BCUT2D eigenvalue weighted by Crippen LogP contribution is -2.39. The quantitative estimate of drug-likeness (QED) is 0.864. The molecule has 2 N–H and O–H groups in total. The van der Waals surface area contributed by atoms with Crippen LogP contribution in [-0.4, -0.2) is 34.8 Å². The van der Waals surface area contributed by atoms with Crippen LogP contribution in [0.3, 0.4) is 0 Å². The zero-order valence-corrected chi connectivity index (χ0v) is 14.6. The monoisotopic (exact) mass is 353 g/mol. The summed E-state index contributed by atoms with van der Waals surface area (Å²) >= 11 is 0. The van der Waals surface area contributed by atoms with Gasteiger partial charge in [-0.05, 0) is 30.4 Å². The number of aromatic nitrogens is 1. The summed E-state index contributed by atoms with van der Waals surface area (Å²) in [7, 11) is 0. The summed E-state index contributed by atoms with van der Waals surface area (Å²) in [5.74, 6) is 0.462. The van der Waals surface area contributed by atoms with Gasteiger partial charge in [-0.3, -0.25) is 9.59 Å². The van der Waals surface area contributed by atoms with Gasteiger partial charge in [-0.1, -0.05) is 30.3 Å². The second-order valence-corrected chi connectivity index (χ2v) is 6.57. The molecule has 136 valence electrons. The van der Waals surface area contributed by atoms with Gasteiger partial charge >= 0.3 is 0 Å². The summed E-state index contributed by atoms with van der Waals surface area (Å²) < 4.78 is 5.64. The van der Waals surface area contributed by atoms with Gasteiger partial charge < -0.3 is 15.4 Å². The van der Waals surface area contributed by atoms with Gasteiger partial charge in [0.05, 0.1) is 5.56 Å². The normalized spacial score (nSPS) is 14.8. The van der Waals surface area contributed by atoms with Gasteiger partial charge in [-0.25, -0.2) is 4.98 Å². The maximum Gasteiger partial charge on any atom is 0.255 e. The molecule has 2 heterocycles. The molecule has 1 aromatic carbocycles. The van der Waals surface area contributed by atoms with Crippen molar-refractivity contribution in [3.8, 4) is 5.88 Å². The van der Waals surface area contributed by atoms with Gasteiger partial charge in [0.15, 0.2) is 0 Å². The Balaban J connectivity index is 1.52. The fourth-order valence-electron chi connectivity index (χ4n) is 3.13. The van der Waals surface area contributed by atoms with E-state index in [1.54, 1.807) is 23.2 Å². The van der Waals surface area contributed by atoms with E-state index in [-0.39, 0.29) is 17.7 Å². The lowest BCUT2D eigenvalue weighted by Gasteiger charge is -2.31. The number of likely N-dealkylation sites (tertiary alicyclic amines) is 1. The van der Waals surface area contributed by atoms with Crippen molar-refractivity contribution in [1.29, 1.82) is 0 Å². The smallest absolute Gasteiger partial charge is 0.255 e. The second kappa shape index (κ2) is 8.47. The summed E-state index contributed by atoms with van der Waals surface area (Å²) in [4.78, 5) is 29.6. The van der Waals surface area contributed by atoms with Gasteiger partial charge in [0.1, 0.15) is 6.61 Å². The molecule has 1 aliphatic heterocycles. The first-order valence-electron chi connectivity index (χ1n) is 8.82. The van der Waals surface area contributed by atoms with Crippen molar-refractivity contribution in [1.82, 2.24) is 9.88 Å². The Hall–Kier alpha value is -2.89. The largest absolute Gasteiger partial charge is 0.473 e. The number of primary amides is 1. The molecule has 26 heavy (non-hydrogen) atoms. The molecule has 1 aliphatic rings. The van der Waals surface area contributed by atoms with Crippen LogP contribution in [0.4, 0.5) is 0 Å². The minimum Gasteiger partial charge on any atom is -0.473 e. The van der Waals surface area contributed by atoms with Crippen LogP contribution in [0.25, 0.3) is 0 Å². The van der Waals surface area contributed by atoms with Crippen LogP contribution in [0.2, 0.25) is 0 Å². The maximum atomic E-state index is 12.6. The van der Waals surface area contributed by atoms with E-state index in [9.17, 15) is 9.59 Å². The molecule has 6 nitrogen and oxygen atoms in total. The molecule has 0 spiro atoms. The lowest BCUT2D eigenvalue weighted by atomic mass is 9.93. The maximum absolute atomic E-state index is 12.6. The molecule has 0 atom stereocenters. The van der Waals surface area contributed by atoms with E-state index in [1.165, 1.54) is 0 Å². The topological polar surface area (TPSA) is 85.5 Å². The number of benzene rings is 1. The van der Waals surface area contributed by atoms with E-state index in [4.69, 9.17) is 10.5 Å². The Morgan fingerprint density at radius 2 is 1.85 bits per heavy atom. The summed E-state index contributed by atoms with van der Waals surface area (Å²) in [6, 6.07) is 13.3. The van der Waals surface area contributed by atoms with E-state index in [0.717, 1.165) is 18.4 Å². The Kier molecular flexibility index (Phi) is 5.84. The highest BCUT2D eigenvalue weighted by molar-refractivity contribution is 5.94. The molecule has 0 bridgehead atoms. The number of piperidine rings is 1. The molecule has 3 rings (SSSR count). The average Bonchev–Trinajstić information content (AvgIpc) is 2.67. The average molecular weight is 353 g/mol. The zero-order chi connectivity index (χ0) is 18.4. The van der Waals surface area contributed by atoms with Gasteiger partial charge in [0.25, 0.3) is 5.91 Å². The summed E-state index contributed by atoms with van der Waals surface area (Å²) in [6.07, 6.45) is 3.57. The Bertz CT molecular complexity index is 739. The first-order valence-corrected chi connectivity index (χ1v) is 8.82. The van der Waals surface area contributed by atoms with Crippen molar-refractivity contribution < 1.29 is 14.3 Å². The predicted molar refractivity (Wildman–Crippen MR) is 97.4 cm³/mol. The van der Waals surface area contributed by atoms with Gasteiger partial charge in [0.2, 0.25) is 11.8 Å². The van der Waals surface area contributed by atoms with E-state index < -0.39 is 0 Å². The molecule has 1 fully saturated rings. The first kappa shape index (κ1) is 17.9. The molecule has 1 saturated heterocycles. The number of hydrogen-bond acceptors (Lipinski definition) is 4. The number of hydrogen-bond donors (Lipinski definition) is 1. The van der Waals surface area contributed by atoms with Crippen LogP contribution >= 0.6 is 0 Å². The molecular formula is C20H23N3O3. The van der Waals surface area contributed by atoms with Crippen LogP contribution in [0.5, 0.6) is 5.88 Å². The summed E-state index contributed by atoms with van der Waals surface area (Å²) in [5.41, 5.74) is 6.86. The second-order valence-electron chi connectivity index (χ2n) is 6.57. The van der Waals surface area contributed by atoms with Crippen molar-refractivity contribution in [2.75, 3.05) is 13.1 Å². The van der Waals surface area contributed by atoms with E-state index >= 15 is 0 Å². The van der Waals surface area contributed by atoms with Gasteiger partial charge in [0, 0.05) is 31.8 Å². The molecule has 6 heteroatoms. The molecule has 0 unspecified atom stereocenters. The third-order valence-electron chi connectivity index (χ3n) is 4.60. The zero-order valence-electron chi connectivity index (χ0n) is 14.6. The minimum absolute atomic E-state index is 0.0374. The number of rotatable bonds is 6. The Morgan fingerprint density at radius 1 is 1.12 bits per heavy atom. The SMILES string of the molecule is NC(=O)CC1CCN(C(=O)c2ccc(OCc3ccccc3)nc2)CC1. The summed E-state index contributed by atoms with van der Waals surface area (Å²) in [6.45, 7) is 1.72. The van der Waals surface area contributed by atoms with Crippen LogP contribution < -0.4 is 10.5 Å². The van der Waals surface area contributed by atoms with Crippen molar-refractivity contribution in [2.45, 2.75) is 25.9 Å². The third-order valence-corrected chi connectivity index (χ3v) is 4.60. The summed E-state index contributed by atoms with van der Waals surface area (Å²) in [5, 5.41) is 0. The molecular weight excluding hydrogens is 330 g/mol. The molecule has 0 saturated carbocycles. The van der Waals surface area contributed by atoms with Crippen molar-refractivity contribution in [2.24, 2.45) is 11.7 Å². The van der Waals surface area contributed by atoms with Crippen molar-refractivity contribution >= 4 is 11.8 Å².